The second kappa shape index (κ2) is 6.10. The van der Waals surface area contributed by atoms with Crippen LogP contribution >= 0.6 is 11.6 Å². The smallest absolute Gasteiger partial charge is 0.310 e. The quantitative estimate of drug-likeness (QED) is 0.434. The summed E-state index contributed by atoms with van der Waals surface area (Å²) in [4.78, 5) is 28.0. The van der Waals surface area contributed by atoms with E-state index in [1.54, 1.807) is 0 Å². The fraction of sp³-hybridized carbons (Fsp3) is 0.222. The van der Waals surface area contributed by atoms with Crippen molar-refractivity contribution >= 4 is 34.0 Å². The number of rotatable bonds is 3. The van der Waals surface area contributed by atoms with E-state index in [2.05, 4.69) is 10.3 Å². The molecule has 1 aliphatic heterocycles. The number of hydrogen-bond donors (Lipinski definition) is 1. The average Bonchev–Trinajstić information content (AvgIpc) is 3.08. The Morgan fingerprint density at radius 3 is 2.92 bits per heavy atom. The summed E-state index contributed by atoms with van der Waals surface area (Å²) in [5.41, 5.74) is 2.48. The van der Waals surface area contributed by atoms with Crippen LogP contribution in [-0.2, 0) is 13.0 Å². The summed E-state index contributed by atoms with van der Waals surface area (Å²) in [7, 11) is 0. The molecule has 0 aliphatic carbocycles. The molecule has 0 fully saturated rings. The lowest BCUT2D eigenvalue weighted by Crippen LogP contribution is -2.23. The molecule has 0 radical (unpaired) electrons. The second-order valence-corrected chi connectivity index (χ2v) is 6.66. The van der Waals surface area contributed by atoms with Crippen molar-refractivity contribution in [2.45, 2.75) is 19.9 Å². The number of aromatic nitrogens is 2. The monoisotopic (exact) mass is 370 g/mol. The molecule has 8 heteroatoms. The lowest BCUT2D eigenvalue weighted by molar-refractivity contribution is -0.384. The Morgan fingerprint density at radius 1 is 1.35 bits per heavy atom. The average molecular weight is 371 g/mol. The van der Waals surface area contributed by atoms with Crippen molar-refractivity contribution in [3.63, 3.8) is 0 Å². The molecule has 0 spiro atoms. The molecular weight excluding hydrogens is 356 g/mol. The van der Waals surface area contributed by atoms with E-state index in [1.807, 2.05) is 31.2 Å². The van der Waals surface area contributed by atoms with Gasteiger partial charge in [0.1, 0.15) is 5.15 Å². The molecule has 0 saturated heterocycles. The van der Waals surface area contributed by atoms with Crippen molar-refractivity contribution in [2.24, 2.45) is 0 Å². The van der Waals surface area contributed by atoms with Gasteiger partial charge in [-0.3, -0.25) is 19.5 Å². The maximum absolute atomic E-state index is 12.7. The molecule has 0 unspecified atom stereocenters. The molecular formula is C18H15ClN4O3. The summed E-state index contributed by atoms with van der Waals surface area (Å²) in [5, 5.41) is 15.5. The van der Waals surface area contributed by atoms with Gasteiger partial charge in [0.05, 0.1) is 10.4 Å². The van der Waals surface area contributed by atoms with E-state index in [1.165, 1.54) is 10.6 Å². The Bertz CT molecular complexity index is 1120. The van der Waals surface area contributed by atoms with E-state index in [9.17, 15) is 14.9 Å². The molecule has 1 aromatic carbocycles. The first-order valence-corrected chi connectivity index (χ1v) is 8.53. The number of para-hydroxylation sites is 1. The Labute approximate surface area is 153 Å². The fourth-order valence-corrected chi connectivity index (χ4v) is 3.56. The van der Waals surface area contributed by atoms with E-state index in [0.29, 0.717) is 29.4 Å². The van der Waals surface area contributed by atoms with Gasteiger partial charge in [-0.25, -0.2) is 4.98 Å². The van der Waals surface area contributed by atoms with Crippen molar-refractivity contribution in [1.29, 1.82) is 0 Å². The highest BCUT2D eigenvalue weighted by Gasteiger charge is 2.26. The highest BCUT2D eigenvalue weighted by atomic mass is 35.5. The number of nitrogens with one attached hydrogen (secondary N) is 1. The van der Waals surface area contributed by atoms with E-state index >= 15 is 0 Å². The summed E-state index contributed by atoms with van der Waals surface area (Å²) < 4.78 is 1.42. The second-order valence-electron chi connectivity index (χ2n) is 6.31. The van der Waals surface area contributed by atoms with Gasteiger partial charge in [0, 0.05) is 36.5 Å². The van der Waals surface area contributed by atoms with Crippen LogP contribution in [0.1, 0.15) is 16.7 Å². The minimum Gasteiger partial charge on any atom is -0.364 e. The zero-order chi connectivity index (χ0) is 18.4. The molecule has 26 heavy (non-hydrogen) atoms. The molecule has 0 atom stereocenters. The van der Waals surface area contributed by atoms with Gasteiger partial charge in [-0.2, -0.15) is 0 Å². The summed E-state index contributed by atoms with van der Waals surface area (Å²) >= 11 is 6.33. The molecule has 2 aromatic heterocycles. The number of nitro groups is 1. The molecule has 0 amide bonds. The van der Waals surface area contributed by atoms with Gasteiger partial charge in [0.25, 0.3) is 5.56 Å². The third kappa shape index (κ3) is 2.61. The molecule has 7 nitrogen and oxygen atoms in total. The van der Waals surface area contributed by atoms with Gasteiger partial charge in [-0.1, -0.05) is 29.8 Å². The minimum absolute atomic E-state index is 0.0992. The number of aryl methyl sites for hydroxylation is 1. The normalized spacial score (nSPS) is 12.8. The predicted octanol–water partition coefficient (Wildman–Crippen LogP) is 3.28. The van der Waals surface area contributed by atoms with Crippen LogP contribution in [0.5, 0.6) is 0 Å². The number of nitrogens with zero attached hydrogens (tertiary/aromatic N) is 3. The number of benzene rings is 1. The molecule has 3 aromatic rings. The number of anilines is 1. The van der Waals surface area contributed by atoms with Crippen molar-refractivity contribution in [1.82, 2.24) is 9.55 Å². The van der Waals surface area contributed by atoms with Gasteiger partial charge in [0.15, 0.2) is 5.82 Å². The maximum Gasteiger partial charge on any atom is 0.310 e. The third-order valence-corrected chi connectivity index (χ3v) is 4.95. The highest BCUT2D eigenvalue weighted by Crippen LogP contribution is 2.29. The van der Waals surface area contributed by atoms with Crippen LogP contribution < -0.4 is 10.9 Å². The van der Waals surface area contributed by atoms with Crippen molar-refractivity contribution in [2.75, 3.05) is 11.9 Å². The summed E-state index contributed by atoms with van der Waals surface area (Å²) in [6.45, 7) is 2.86. The predicted molar refractivity (Wildman–Crippen MR) is 100 cm³/mol. The molecule has 4 rings (SSSR count). The third-order valence-electron chi connectivity index (χ3n) is 4.62. The first kappa shape index (κ1) is 16.5. The fourth-order valence-electron chi connectivity index (χ4n) is 3.36. The Morgan fingerprint density at radius 2 is 2.15 bits per heavy atom. The van der Waals surface area contributed by atoms with Crippen LogP contribution in [0.2, 0.25) is 5.15 Å². The number of pyridine rings is 2. The molecule has 0 saturated carbocycles. The largest absolute Gasteiger partial charge is 0.364 e. The first-order valence-electron chi connectivity index (χ1n) is 8.15. The number of fused-ring (bicyclic) bond motifs is 2. The lowest BCUT2D eigenvalue weighted by Gasteiger charge is -2.10. The zero-order valence-electron chi connectivity index (χ0n) is 14.0. The topological polar surface area (TPSA) is 90.1 Å². The molecule has 0 bridgehead atoms. The Hall–Kier alpha value is -2.93. The molecule has 3 heterocycles. The van der Waals surface area contributed by atoms with E-state index in [0.717, 1.165) is 16.5 Å². The molecule has 1 N–H and O–H groups in total. The summed E-state index contributed by atoms with van der Waals surface area (Å²) in [5.74, 6) is 0.266. The lowest BCUT2D eigenvalue weighted by atomic mass is 10.0. The van der Waals surface area contributed by atoms with Crippen LogP contribution in [0.4, 0.5) is 11.5 Å². The van der Waals surface area contributed by atoms with Crippen molar-refractivity contribution in [3.05, 3.63) is 72.6 Å². The van der Waals surface area contributed by atoms with Gasteiger partial charge in [0.2, 0.25) is 0 Å². The number of hydrogen-bond acceptors (Lipinski definition) is 5. The Balaban J connectivity index is 1.85. The summed E-state index contributed by atoms with van der Waals surface area (Å²) in [6, 6.07) is 9.03. The van der Waals surface area contributed by atoms with Crippen LogP contribution in [-0.4, -0.2) is 21.0 Å². The van der Waals surface area contributed by atoms with E-state index < -0.39 is 4.92 Å². The van der Waals surface area contributed by atoms with Gasteiger partial charge < -0.3 is 5.32 Å². The van der Waals surface area contributed by atoms with E-state index in [-0.39, 0.29) is 23.5 Å². The first-order chi connectivity index (χ1) is 12.5. The number of halogens is 1. The van der Waals surface area contributed by atoms with Crippen molar-refractivity contribution < 1.29 is 4.92 Å². The van der Waals surface area contributed by atoms with Gasteiger partial charge in [-0.15, -0.1) is 0 Å². The van der Waals surface area contributed by atoms with Crippen LogP contribution in [0.25, 0.3) is 10.9 Å². The van der Waals surface area contributed by atoms with E-state index in [4.69, 9.17) is 11.6 Å². The zero-order valence-corrected chi connectivity index (χ0v) is 14.7. The van der Waals surface area contributed by atoms with Gasteiger partial charge >= 0.3 is 5.69 Å². The van der Waals surface area contributed by atoms with Crippen LogP contribution in [0.15, 0.2) is 35.1 Å². The van der Waals surface area contributed by atoms with Gasteiger partial charge in [-0.05, 0) is 24.1 Å². The Kier molecular flexibility index (Phi) is 3.88. The maximum atomic E-state index is 12.7. The molecule has 1 aliphatic rings. The SMILES string of the molecule is Cc1cccc2cc(Cc3cc([N+](=O)[O-])c4n(c3=O)CCN4)c(Cl)nc12. The van der Waals surface area contributed by atoms with Crippen LogP contribution in [0, 0.1) is 17.0 Å². The standard InChI is InChI=1S/C18H15ClN4O3/c1-10-3-2-4-11-7-12(16(19)21-15(10)11)8-13-9-14(23(25)26)17-20-5-6-22(17)18(13)24/h2-4,7,9,20H,5-6,8H2,1H3. The summed E-state index contributed by atoms with van der Waals surface area (Å²) in [6.07, 6.45) is 0.190. The van der Waals surface area contributed by atoms with Crippen molar-refractivity contribution in [3.8, 4) is 0 Å². The highest BCUT2D eigenvalue weighted by molar-refractivity contribution is 6.30. The van der Waals surface area contributed by atoms with Crippen LogP contribution in [0.3, 0.4) is 0 Å². The molecule has 132 valence electrons. The minimum atomic E-state index is -0.475.